The molecule has 3 nitrogen and oxygen atoms in total. The van der Waals surface area contributed by atoms with Crippen molar-refractivity contribution in [2.75, 3.05) is 7.05 Å². The van der Waals surface area contributed by atoms with E-state index in [0.717, 1.165) is 27.9 Å². The van der Waals surface area contributed by atoms with Crippen molar-refractivity contribution in [3.8, 4) is 5.75 Å². The van der Waals surface area contributed by atoms with Crippen molar-refractivity contribution in [3.05, 3.63) is 57.8 Å². The van der Waals surface area contributed by atoms with Crippen molar-refractivity contribution >= 4 is 15.9 Å². The highest BCUT2D eigenvalue weighted by Crippen LogP contribution is 2.41. The Bertz CT molecular complexity index is 612. The highest BCUT2D eigenvalue weighted by molar-refractivity contribution is 9.10. The van der Waals surface area contributed by atoms with Gasteiger partial charge in [0.05, 0.1) is 0 Å². The molecule has 0 fully saturated rings. The molecular weight excluding hydrogens is 316 g/mol. The molecule has 1 N–H and O–H groups in total. The minimum atomic E-state index is 0.0502. The number of rotatable bonds is 2. The van der Waals surface area contributed by atoms with Crippen LogP contribution in [0.5, 0.6) is 5.75 Å². The molecule has 0 aliphatic carbocycles. The molecule has 0 amide bonds. The standard InChI is InChI=1S/C16H17BrN2O/c1-10-3-4-11(9-19-10)16-8-14(18-2)13-7-12(17)5-6-15(13)20-16/h3-7,9,14,16,18H,8H2,1-2H3. The fourth-order valence-electron chi connectivity index (χ4n) is 2.59. The summed E-state index contributed by atoms with van der Waals surface area (Å²) in [6.45, 7) is 1.99. The van der Waals surface area contributed by atoms with E-state index in [0.29, 0.717) is 6.04 Å². The summed E-state index contributed by atoms with van der Waals surface area (Å²) in [4.78, 5) is 4.37. The van der Waals surface area contributed by atoms with Gasteiger partial charge in [-0.25, -0.2) is 0 Å². The topological polar surface area (TPSA) is 34.2 Å². The second-order valence-corrected chi connectivity index (χ2v) is 6.01. The van der Waals surface area contributed by atoms with Crippen molar-refractivity contribution in [2.45, 2.75) is 25.5 Å². The van der Waals surface area contributed by atoms with E-state index in [-0.39, 0.29) is 6.10 Å². The number of aryl methyl sites for hydroxylation is 1. The number of ether oxygens (including phenoxy) is 1. The Morgan fingerprint density at radius 1 is 1.30 bits per heavy atom. The minimum Gasteiger partial charge on any atom is -0.485 e. The molecule has 1 aliphatic rings. The first-order valence-corrected chi connectivity index (χ1v) is 7.52. The summed E-state index contributed by atoms with van der Waals surface area (Å²) >= 11 is 3.52. The van der Waals surface area contributed by atoms with Gasteiger partial charge in [0.1, 0.15) is 11.9 Å². The molecule has 2 unspecified atom stereocenters. The van der Waals surface area contributed by atoms with Gasteiger partial charge in [0.15, 0.2) is 0 Å². The molecule has 0 bridgehead atoms. The third-order valence-electron chi connectivity index (χ3n) is 3.72. The van der Waals surface area contributed by atoms with E-state index in [1.165, 1.54) is 5.56 Å². The van der Waals surface area contributed by atoms with Gasteiger partial charge in [0.2, 0.25) is 0 Å². The number of nitrogens with one attached hydrogen (secondary N) is 1. The number of hydrogen-bond acceptors (Lipinski definition) is 3. The SMILES string of the molecule is CNC1CC(c2ccc(C)nc2)Oc2ccc(Br)cc21. The number of pyridine rings is 1. The zero-order valence-electron chi connectivity index (χ0n) is 11.6. The lowest BCUT2D eigenvalue weighted by atomic mass is 9.93. The largest absolute Gasteiger partial charge is 0.485 e. The first kappa shape index (κ1) is 13.6. The van der Waals surface area contributed by atoms with Crippen LogP contribution in [0.25, 0.3) is 0 Å². The number of nitrogens with zero attached hydrogens (tertiary/aromatic N) is 1. The Balaban J connectivity index is 1.94. The second-order valence-electron chi connectivity index (χ2n) is 5.10. The van der Waals surface area contributed by atoms with E-state index in [2.05, 4.69) is 38.4 Å². The Morgan fingerprint density at radius 2 is 2.15 bits per heavy atom. The molecule has 2 aromatic rings. The maximum Gasteiger partial charge on any atom is 0.127 e. The lowest BCUT2D eigenvalue weighted by Crippen LogP contribution is -2.26. The fraction of sp³-hybridized carbons (Fsp3) is 0.312. The molecular formula is C16H17BrN2O. The highest BCUT2D eigenvalue weighted by atomic mass is 79.9. The molecule has 104 valence electrons. The molecule has 2 atom stereocenters. The maximum absolute atomic E-state index is 6.14. The van der Waals surface area contributed by atoms with Gasteiger partial charge in [-0.1, -0.05) is 22.0 Å². The summed E-state index contributed by atoms with van der Waals surface area (Å²) in [7, 11) is 1.99. The molecule has 0 saturated heterocycles. The van der Waals surface area contributed by atoms with Gasteiger partial charge in [-0.2, -0.15) is 0 Å². The average Bonchev–Trinajstić information content (AvgIpc) is 2.47. The van der Waals surface area contributed by atoms with Gasteiger partial charge in [-0.3, -0.25) is 4.98 Å². The Hall–Kier alpha value is -1.39. The van der Waals surface area contributed by atoms with E-state index >= 15 is 0 Å². The van der Waals surface area contributed by atoms with Crippen LogP contribution in [0.2, 0.25) is 0 Å². The van der Waals surface area contributed by atoms with E-state index in [9.17, 15) is 0 Å². The van der Waals surface area contributed by atoms with Gasteiger partial charge in [0.25, 0.3) is 0 Å². The summed E-state index contributed by atoms with van der Waals surface area (Å²) in [5.41, 5.74) is 3.36. The van der Waals surface area contributed by atoms with Gasteiger partial charge in [-0.15, -0.1) is 0 Å². The Morgan fingerprint density at radius 3 is 2.85 bits per heavy atom. The van der Waals surface area contributed by atoms with Crippen LogP contribution < -0.4 is 10.1 Å². The van der Waals surface area contributed by atoms with Crippen LogP contribution in [0, 0.1) is 6.92 Å². The van der Waals surface area contributed by atoms with Crippen LogP contribution in [0.15, 0.2) is 41.0 Å². The number of halogens is 1. The zero-order chi connectivity index (χ0) is 14.1. The molecule has 2 heterocycles. The van der Waals surface area contributed by atoms with Crippen LogP contribution in [0.3, 0.4) is 0 Å². The van der Waals surface area contributed by atoms with Crippen molar-refractivity contribution in [1.29, 1.82) is 0 Å². The predicted molar refractivity (Wildman–Crippen MR) is 82.9 cm³/mol. The van der Waals surface area contributed by atoms with E-state index < -0.39 is 0 Å². The lowest BCUT2D eigenvalue weighted by Gasteiger charge is -2.32. The third kappa shape index (κ3) is 2.58. The average molecular weight is 333 g/mol. The van der Waals surface area contributed by atoms with Gasteiger partial charge < -0.3 is 10.1 Å². The van der Waals surface area contributed by atoms with Crippen molar-refractivity contribution in [1.82, 2.24) is 10.3 Å². The molecule has 1 aromatic carbocycles. The first-order chi connectivity index (χ1) is 9.67. The Kier molecular flexibility index (Phi) is 3.76. The smallest absolute Gasteiger partial charge is 0.127 e. The normalized spacial score (nSPS) is 21.1. The van der Waals surface area contributed by atoms with Gasteiger partial charge in [0, 0.05) is 40.0 Å². The molecule has 3 rings (SSSR count). The van der Waals surface area contributed by atoms with E-state index in [1.54, 1.807) is 0 Å². The number of aromatic nitrogens is 1. The van der Waals surface area contributed by atoms with Crippen LogP contribution in [0.1, 0.15) is 35.4 Å². The van der Waals surface area contributed by atoms with Crippen molar-refractivity contribution < 1.29 is 4.74 Å². The van der Waals surface area contributed by atoms with Crippen LogP contribution in [-0.4, -0.2) is 12.0 Å². The van der Waals surface area contributed by atoms with Gasteiger partial charge in [-0.05, 0) is 38.2 Å². The number of benzene rings is 1. The minimum absolute atomic E-state index is 0.0502. The molecule has 0 spiro atoms. The third-order valence-corrected chi connectivity index (χ3v) is 4.21. The van der Waals surface area contributed by atoms with Crippen LogP contribution in [-0.2, 0) is 0 Å². The maximum atomic E-state index is 6.14. The monoisotopic (exact) mass is 332 g/mol. The van der Waals surface area contributed by atoms with Gasteiger partial charge >= 0.3 is 0 Å². The summed E-state index contributed by atoms with van der Waals surface area (Å²) < 4.78 is 7.22. The molecule has 0 saturated carbocycles. The summed E-state index contributed by atoms with van der Waals surface area (Å²) in [5, 5.41) is 3.38. The molecule has 1 aromatic heterocycles. The van der Waals surface area contributed by atoms with Crippen molar-refractivity contribution in [3.63, 3.8) is 0 Å². The van der Waals surface area contributed by atoms with Crippen LogP contribution in [0.4, 0.5) is 0 Å². The molecule has 20 heavy (non-hydrogen) atoms. The summed E-state index contributed by atoms with van der Waals surface area (Å²) in [5.74, 6) is 0.948. The van der Waals surface area contributed by atoms with E-state index in [1.807, 2.05) is 38.4 Å². The predicted octanol–water partition coefficient (Wildman–Crippen LogP) is 3.94. The van der Waals surface area contributed by atoms with Crippen LogP contribution >= 0.6 is 15.9 Å². The number of fused-ring (bicyclic) bond motifs is 1. The Labute approximate surface area is 127 Å². The number of hydrogen-bond donors (Lipinski definition) is 1. The quantitative estimate of drug-likeness (QED) is 0.904. The van der Waals surface area contributed by atoms with Crippen molar-refractivity contribution in [2.24, 2.45) is 0 Å². The van der Waals surface area contributed by atoms with E-state index in [4.69, 9.17) is 4.74 Å². The fourth-order valence-corrected chi connectivity index (χ4v) is 2.97. The lowest BCUT2D eigenvalue weighted by molar-refractivity contribution is 0.153. The summed E-state index contributed by atoms with van der Waals surface area (Å²) in [6.07, 6.45) is 2.87. The molecule has 1 aliphatic heterocycles. The highest BCUT2D eigenvalue weighted by Gasteiger charge is 2.28. The molecule has 0 radical (unpaired) electrons. The second kappa shape index (κ2) is 5.54. The zero-order valence-corrected chi connectivity index (χ0v) is 13.1. The first-order valence-electron chi connectivity index (χ1n) is 6.73. The summed E-state index contributed by atoms with van der Waals surface area (Å²) in [6, 6.07) is 10.6. The molecule has 4 heteroatoms.